The van der Waals surface area contributed by atoms with Crippen LogP contribution in [0, 0.1) is 10.8 Å². The molecular weight excluding hydrogens is 334 g/mol. The minimum absolute atomic E-state index is 0.0919. The summed E-state index contributed by atoms with van der Waals surface area (Å²) in [6.45, 7) is 13.1. The van der Waals surface area contributed by atoms with Crippen molar-refractivity contribution in [1.29, 1.82) is 0 Å². The number of rotatable bonds is 16. The Hall–Kier alpha value is -0.130. The minimum Gasteiger partial charge on any atom is -0.381 e. The SMILES string of the molecule is CCCC(C)(C)CCCCOCCCCC(C)(C)CCCS(N)(=O)=O. The van der Waals surface area contributed by atoms with Crippen LogP contribution >= 0.6 is 0 Å². The Morgan fingerprint density at radius 2 is 1.20 bits per heavy atom. The van der Waals surface area contributed by atoms with E-state index in [1.54, 1.807) is 0 Å². The molecule has 0 fully saturated rings. The number of nitrogens with two attached hydrogens (primary N) is 1. The molecule has 0 atom stereocenters. The van der Waals surface area contributed by atoms with Gasteiger partial charge < -0.3 is 4.74 Å². The van der Waals surface area contributed by atoms with Crippen molar-refractivity contribution in [2.45, 2.75) is 98.8 Å². The third kappa shape index (κ3) is 17.1. The molecule has 0 aromatic heterocycles. The fraction of sp³-hybridized carbons (Fsp3) is 1.00. The van der Waals surface area contributed by atoms with Crippen LogP contribution in [0.25, 0.3) is 0 Å². The van der Waals surface area contributed by atoms with Crippen LogP contribution in [0.5, 0.6) is 0 Å². The maximum atomic E-state index is 11.0. The van der Waals surface area contributed by atoms with Gasteiger partial charge in [-0.2, -0.15) is 0 Å². The lowest BCUT2D eigenvalue weighted by Gasteiger charge is -2.24. The van der Waals surface area contributed by atoms with Crippen molar-refractivity contribution in [3.8, 4) is 0 Å². The zero-order valence-electron chi connectivity index (χ0n) is 17.4. The van der Waals surface area contributed by atoms with E-state index in [4.69, 9.17) is 9.88 Å². The second-order valence-electron chi connectivity index (χ2n) is 9.08. The second kappa shape index (κ2) is 12.3. The van der Waals surface area contributed by atoms with Gasteiger partial charge in [-0.05, 0) is 55.8 Å². The molecule has 0 aliphatic heterocycles. The molecule has 0 spiro atoms. The predicted molar refractivity (Wildman–Crippen MR) is 108 cm³/mol. The second-order valence-corrected chi connectivity index (χ2v) is 10.8. The van der Waals surface area contributed by atoms with Crippen LogP contribution in [-0.2, 0) is 14.8 Å². The van der Waals surface area contributed by atoms with E-state index in [2.05, 4.69) is 34.6 Å². The fourth-order valence-electron chi connectivity index (χ4n) is 3.40. The molecule has 2 N–H and O–H groups in total. The highest BCUT2D eigenvalue weighted by molar-refractivity contribution is 7.89. The van der Waals surface area contributed by atoms with Crippen molar-refractivity contribution in [2.75, 3.05) is 19.0 Å². The monoisotopic (exact) mass is 377 g/mol. The highest BCUT2D eigenvalue weighted by atomic mass is 32.2. The lowest BCUT2D eigenvalue weighted by molar-refractivity contribution is 0.119. The van der Waals surface area contributed by atoms with E-state index >= 15 is 0 Å². The molecule has 0 saturated heterocycles. The molecule has 25 heavy (non-hydrogen) atoms. The summed E-state index contributed by atoms with van der Waals surface area (Å²) in [4.78, 5) is 0. The molecule has 0 heterocycles. The summed E-state index contributed by atoms with van der Waals surface area (Å²) < 4.78 is 27.7. The Morgan fingerprint density at radius 1 is 0.760 bits per heavy atom. The summed E-state index contributed by atoms with van der Waals surface area (Å²) in [5.41, 5.74) is 0.652. The average Bonchev–Trinajstić information content (AvgIpc) is 2.43. The van der Waals surface area contributed by atoms with Gasteiger partial charge >= 0.3 is 0 Å². The number of hydrogen-bond donors (Lipinski definition) is 1. The van der Waals surface area contributed by atoms with Gasteiger partial charge in [0, 0.05) is 13.2 Å². The van der Waals surface area contributed by atoms with Crippen LogP contribution < -0.4 is 5.14 Å². The summed E-state index contributed by atoms with van der Waals surface area (Å²) in [6.07, 6.45) is 11.1. The van der Waals surface area contributed by atoms with Crippen LogP contribution in [-0.4, -0.2) is 27.4 Å². The lowest BCUT2D eigenvalue weighted by atomic mass is 9.83. The van der Waals surface area contributed by atoms with Gasteiger partial charge in [-0.1, -0.05) is 53.9 Å². The normalized spacial score (nSPS) is 13.4. The van der Waals surface area contributed by atoms with E-state index < -0.39 is 10.0 Å². The first-order valence-electron chi connectivity index (χ1n) is 10.1. The number of ether oxygens (including phenoxy) is 1. The third-order valence-electron chi connectivity index (χ3n) is 4.99. The van der Waals surface area contributed by atoms with Crippen molar-refractivity contribution < 1.29 is 13.2 Å². The van der Waals surface area contributed by atoms with Crippen molar-refractivity contribution in [1.82, 2.24) is 0 Å². The largest absolute Gasteiger partial charge is 0.381 e. The molecule has 0 aliphatic rings. The Morgan fingerprint density at radius 3 is 1.64 bits per heavy atom. The van der Waals surface area contributed by atoms with Crippen molar-refractivity contribution in [3.05, 3.63) is 0 Å². The molecule has 0 aromatic carbocycles. The molecule has 4 nitrogen and oxygen atoms in total. The fourth-order valence-corrected chi connectivity index (χ4v) is 3.94. The first-order valence-corrected chi connectivity index (χ1v) is 11.8. The van der Waals surface area contributed by atoms with Gasteiger partial charge in [0.2, 0.25) is 10.0 Å². The maximum Gasteiger partial charge on any atom is 0.209 e. The zero-order valence-corrected chi connectivity index (χ0v) is 18.2. The topological polar surface area (TPSA) is 69.4 Å². The molecule has 0 rings (SSSR count). The molecular formula is C20H43NO3S. The highest BCUT2D eigenvalue weighted by Crippen LogP contribution is 2.29. The maximum absolute atomic E-state index is 11.0. The molecule has 0 aliphatic carbocycles. The van der Waals surface area contributed by atoms with E-state index in [9.17, 15) is 8.42 Å². The Kier molecular flexibility index (Phi) is 12.2. The molecule has 0 unspecified atom stereocenters. The van der Waals surface area contributed by atoms with Gasteiger partial charge in [0.15, 0.2) is 0 Å². The number of unbranched alkanes of at least 4 members (excludes halogenated alkanes) is 2. The quantitative estimate of drug-likeness (QED) is 0.373. The molecule has 0 aromatic rings. The van der Waals surface area contributed by atoms with E-state index in [0.29, 0.717) is 11.8 Å². The predicted octanol–water partition coefficient (Wildman–Crippen LogP) is 5.26. The van der Waals surface area contributed by atoms with Gasteiger partial charge in [0.25, 0.3) is 0 Å². The number of primary sulfonamides is 1. The van der Waals surface area contributed by atoms with Crippen molar-refractivity contribution >= 4 is 10.0 Å². The summed E-state index contributed by atoms with van der Waals surface area (Å²) in [7, 11) is -3.32. The van der Waals surface area contributed by atoms with Crippen LogP contribution in [0.4, 0.5) is 0 Å². The summed E-state index contributed by atoms with van der Waals surface area (Å²) in [6, 6.07) is 0. The first-order chi connectivity index (χ1) is 11.5. The summed E-state index contributed by atoms with van der Waals surface area (Å²) in [5, 5.41) is 5.05. The highest BCUT2D eigenvalue weighted by Gasteiger charge is 2.18. The van der Waals surface area contributed by atoms with E-state index in [1.165, 1.54) is 25.7 Å². The summed E-state index contributed by atoms with van der Waals surface area (Å²) >= 11 is 0. The standard InChI is InChI=1S/C20H43NO3S/c1-6-12-19(2,3)13-7-9-16-24-17-10-8-14-20(4,5)15-11-18-25(21,22)23/h6-18H2,1-5H3,(H2,21,22,23). The van der Waals surface area contributed by atoms with Crippen molar-refractivity contribution in [3.63, 3.8) is 0 Å². The van der Waals surface area contributed by atoms with Crippen LogP contribution in [0.2, 0.25) is 0 Å². The third-order valence-corrected chi connectivity index (χ3v) is 5.85. The number of hydrogen-bond acceptors (Lipinski definition) is 3. The van der Waals surface area contributed by atoms with E-state index in [1.807, 2.05) is 0 Å². The summed E-state index contributed by atoms with van der Waals surface area (Å²) in [5.74, 6) is 0.0919. The van der Waals surface area contributed by atoms with Crippen LogP contribution in [0.1, 0.15) is 98.8 Å². The van der Waals surface area contributed by atoms with Gasteiger partial charge in [0.05, 0.1) is 5.75 Å². The molecule has 0 amide bonds. The Balaban J connectivity index is 3.56. The zero-order chi connectivity index (χ0) is 19.4. The minimum atomic E-state index is -3.32. The van der Waals surface area contributed by atoms with Gasteiger partial charge in [0.1, 0.15) is 0 Å². The van der Waals surface area contributed by atoms with E-state index in [-0.39, 0.29) is 11.2 Å². The molecule has 0 bridgehead atoms. The molecule has 5 heteroatoms. The van der Waals surface area contributed by atoms with E-state index in [0.717, 1.165) is 45.3 Å². The molecule has 152 valence electrons. The van der Waals surface area contributed by atoms with Gasteiger partial charge in [-0.3, -0.25) is 0 Å². The van der Waals surface area contributed by atoms with Crippen LogP contribution in [0.15, 0.2) is 0 Å². The Labute approximate surface area is 157 Å². The Bertz CT molecular complexity index is 430. The van der Waals surface area contributed by atoms with Crippen molar-refractivity contribution in [2.24, 2.45) is 16.0 Å². The molecule has 0 saturated carbocycles. The average molecular weight is 378 g/mol. The molecule has 0 radical (unpaired) electrons. The smallest absolute Gasteiger partial charge is 0.209 e. The van der Waals surface area contributed by atoms with Gasteiger partial charge in [-0.15, -0.1) is 0 Å². The first kappa shape index (κ1) is 24.9. The van der Waals surface area contributed by atoms with Gasteiger partial charge in [-0.25, -0.2) is 13.6 Å². The number of sulfonamides is 1. The lowest BCUT2D eigenvalue weighted by Crippen LogP contribution is -2.19. The van der Waals surface area contributed by atoms with Crippen LogP contribution in [0.3, 0.4) is 0 Å².